The summed E-state index contributed by atoms with van der Waals surface area (Å²) in [5.74, 6) is 0. The average molecular weight is 227 g/mol. The minimum absolute atomic E-state index is 0.707. The van der Waals surface area contributed by atoms with Crippen LogP contribution < -0.4 is 5.32 Å². The SMILES string of the molecule is CC1CNCCN1CCCN1CCOCC1. The van der Waals surface area contributed by atoms with Crippen molar-refractivity contribution in [3.63, 3.8) is 0 Å². The first kappa shape index (κ1) is 12.3. The van der Waals surface area contributed by atoms with Crippen molar-refractivity contribution in [2.24, 2.45) is 0 Å². The molecule has 0 bridgehead atoms. The Morgan fingerprint density at radius 1 is 1.19 bits per heavy atom. The molecule has 2 aliphatic rings. The minimum Gasteiger partial charge on any atom is -0.379 e. The Bertz CT molecular complexity index is 195. The monoisotopic (exact) mass is 227 g/mol. The van der Waals surface area contributed by atoms with Crippen LogP contribution in [0.4, 0.5) is 0 Å². The van der Waals surface area contributed by atoms with Gasteiger partial charge < -0.3 is 10.1 Å². The van der Waals surface area contributed by atoms with Crippen molar-refractivity contribution in [2.75, 3.05) is 59.0 Å². The van der Waals surface area contributed by atoms with Gasteiger partial charge in [0.15, 0.2) is 0 Å². The van der Waals surface area contributed by atoms with E-state index in [1.807, 2.05) is 0 Å². The van der Waals surface area contributed by atoms with Crippen molar-refractivity contribution in [2.45, 2.75) is 19.4 Å². The molecule has 2 saturated heterocycles. The maximum Gasteiger partial charge on any atom is 0.0594 e. The number of piperazine rings is 1. The fraction of sp³-hybridized carbons (Fsp3) is 1.00. The smallest absolute Gasteiger partial charge is 0.0594 e. The molecule has 2 aliphatic heterocycles. The lowest BCUT2D eigenvalue weighted by molar-refractivity contribution is 0.0351. The van der Waals surface area contributed by atoms with Gasteiger partial charge in [-0.3, -0.25) is 9.80 Å². The number of morpholine rings is 1. The zero-order valence-electron chi connectivity index (χ0n) is 10.5. The van der Waals surface area contributed by atoms with Gasteiger partial charge in [0.25, 0.3) is 0 Å². The highest BCUT2D eigenvalue weighted by molar-refractivity contribution is 4.76. The topological polar surface area (TPSA) is 27.7 Å². The summed E-state index contributed by atoms with van der Waals surface area (Å²) >= 11 is 0. The summed E-state index contributed by atoms with van der Waals surface area (Å²) in [5.41, 5.74) is 0. The number of rotatable bonds is 4. The first-order chi connectivity index (χ1) is 7.86. The highest BCUT2D eigenvalue weighted by atomic mass is 16.5. The molecule has 2 heterocycles. The Morgan fingerprint density at radius 2 is 2.00 bits per heavy atom. The summed E-state index contributed by atoms with van der Waals surface area (Å²) < 4.78 is 5.35. The van der Waals surface area contributed by atoms with E-state index >= 15 is 0 Å². The molecular weight excluding hydrogens is 202 g/mol. The van der Waals surface area contributed by atoms with Gasteiger partial charge in [-0.05, 0) is 26.4 Å². The Balaban J connectivity index is 1.59. The van der Waals surface area contributed by atoms with Gasteiger partial charge in [0.1, 0.15) is 0 Å². The predicted molar refractivity (Wildman–Crippen MR) is 65.8 cm³/mol. The van der Waals surface area contributed by atoms with Gasteiger partial charge >= 0.3 is 0 Å². The quantitative estimate of drug-likeness (QED) is 0.732. The Hall–Kier alpha value is -0.160. The molecule has 0 aromatic heterocycles. The fourth-order valence-corrected chi connectivity index (χ4v) is 2.54. The third kappa shape index (κ3) is 3.70. The lowest BCUT2D eigenvalue weighted by Crippen LogP contribution is -2.50. The summed E-state index contributed by atoms with van der Waals surface area (Å²) in [7, 11) is 0. The summed E-state index contributed by atoms with van der Waals surface area (Å²) in [6.45, 7) is 12.4. The molecule has 2 rings (SSSR count). The Kier molecular flexibility index (Phi) is 5.03. The van der Waals surface area contributed by atoms with E-state index in [0.717, 1.165) is 39.4 Å². The van der Waals surface area contributed by atoms with Crippen molar-refractivity contribution >= 4 is 0 Å². The zero-order chi connectivity index (χ0) is 11.2. The average Bonchev–Trinajstić information content (AvgIpc) is 2.33. The maximum atomic E-state index is 5.35. The first-order valence-corrected chi connectivity index (χ1v) is 6.61. The molecule has 0 aromatic carbocycles. The normalized spacial score (nSPS) is 29.4. The fourth-order valence-electron chi connectivity index (χ4n) is 2.54. The van der Waals surface area contributed by atoms with E-state index in [-0.39, 0.29) is 0 Å². The third-order valence-electron chi connectivity index (χ3n) is 3.66. The number of ether oxygens (including phenoxy) is 1. The van der Waals surface area contributed by atoms with Crippen molar-refractivity contribution in [3.05, 3.63) is 0 Å². The van der Waals surface area contributed by atoms with Crippen molar-refractivity contribution in [1.82, 2.24) is 15.1 Å². The van der Waals surface area contributed by atoms with Gasteiger partial charge in [0.2, 0.25) is 0 Å². The number of hydrogen-bond acceptors (Lipinski definition) is 4. The van der Waals surface area contributed by atoms with Gasteiger partial charge in [-0.25, -0.2) is 0 Å². The summed E-state index contributed by atoms with van der Waals surface area (Å²) in [6, 6.07) is 0.707. The molecule has 4 heteroatoms. The van der Waals surface area contributed by atoms with E-state index in [4.69, 9.17) is 4.74 Å². The lowest BCUT2D eigenvalue weighted by atomic mass is 10.2. The van der Waals surface area contributed by atoms with E-state index < -0.39 is 0 Å². The van der Waals surface area contributed by atoms with Crippen LogP contribution in [0.5, 0.6) is 0 Å². The molecule has 16 heavy (non-hydrogen) atoms. The highest BCUT2D eigenvalue weighted by Crippen LogP contribution is 2.04. The van der Waals surface area contributed by atoms with Crippen LogP contribution in [-0.2, 0) is 4.74 Å². The van der Waals surface area contributed by atoms with E-state index in [1.54, 1.807) is 0 Å². The molecule has 0 radical (unpaired) electrons. The van der Waals surface area contributed by atoms with Crippen LogP contribution in [0.1, 0.15) is 13.3 Å². The largest absolute Gasteiger partial charge is 0.379 e. The van der Waals surface area contributed by atoms with E-state index in [1.165, 1.54) is 26.1 Å². The number of nitrogens with zero attached hydrogens (tertiary/aromatic N) is 2. The summed E-state index contributed by atoms with van der Waals surface area (Å²) in [4.78, 5) is 5.13. The zero-order valence-corrected chi connectivity index (χ0v) is 10.5. The van der Waals surface area contributed by atoms with Gasteiger partial charge in [-0.2, -0.15) is 0 Å². The Labute approximate surface area is 98.9 Å². The summed E-state index contributed by atoms with van der Waals surface area (Å²) in [6.07, 6.45) is 1.30. The van der Waals surface area contributed by atoms with Gasteiger partial charge in [0, 0.05) is 38.8 Å². The number of nitrogens with one attached hydrogen (secondary N) is 1. The molecule has 1 N–H and O–H groups in total. The van der Waals surface area contributed by atoms with Crippen LogP contribution >= 0.6 is 0 Å². The van der Waals surface area contributed by atoms with Gasteiger partial charge in [-0.15, -0.1) is 0 Å². The molecule has 94 valence electrons. The predicted octanol–water partition coefficient (Wildman–Crippen LogP) is 0.00240. The third-order valence-corrected chi connectivity index (χ3v) is 3.66. The highest BCUT2D eigenvalue weighted by Gasteiger charge is 2.17. The molecule has 1 unspecified atom stereocenters. The second-order valence-electron chi connectivity index (χ2n) is 4.90. The van der Waals surface area contributed by atoms with Crippen LogP contribution in [0.2, 0.25) is 0 Å². The minimum atomic E-state index is 0.707. The molecule has 0 amide bonds. The maximum absolute atomic E-state index is 5.35. The second kappa shape index (κ2) is 6.55. The second-order valence-corrected chi connectivity index (χ2v) is 4.90. The van der Waals surface area contributed by atoms with E-state index in [9.17, 15) is 0 Å². The Morgan fingerprint density at radius 3 is 2.75 bits per heavy atom. The van der Waals surface area contributed by atoms with Crippen LogP contribution in [0.15, 0.2) is 0 Å². The molecule has 4 nitrogen and oxygen atoms in total. The van der Waals surface area contributed by atoms with Crippen molar-refractivity contribution in [1.29, 1.82) is 0 Å². The van der Waals surface area contributed by atoms with E-state index in [2.05, 4.69) is 22.0 Å². The molecule has 2 fully saturated rings. The van der Waals surface area contributed by atoms with Crippen LogP contribution in [-0.4, -0.2) is 74.9 Å². The van der Waals surface area contributed by atoms with E-state index in [0.29, 0.717) is 6.04 Å². The first-order valence-electron chi connectivity index (χ1n) is 6.61. The van der Waals surface area contributed by atoms with Crippen LogP contribution in [0, 0.1) is 0 Å². The lowest BCUT2D eigenvalue weighted by Gasteiger charge is -2.34. The molecular formula is C12H25N3O. The summed E-state index contributed by atoms with van der Waals surface area (Å²) in [5, 5.41) is 3.44. The molecule has 0 aliphatic carbocycles. The van der Waals surface area contributed by atoms with Crippen molar-refractivity contribution in [3.8, 4) is 0 Å². The molecule has 1 atom stereocenters. The van der Waals surface area contributed by atoms with Crippen LogP contribution in [0.25, 0.3) is 0 Å². The van der Waals surface area contributed by atoms with Gasteiger partial charge in [0.05, 0.1) is 13.2 Å². The van der Waals surface area contributed by atoms with Crippen LogP contribution in [0.3, 0.4) is 0 Å². The molecule has 0 aromatic rings. The molecule has 0 spiro atoms. The van der Waals surface area contributed by atoms with Crippen molar-refractivity contribution < 1.29 is 4.74 Å². The number of hydrogen-bond donors (Lipinski definition) is 1. The van der Waals surface area contributed by atoms with Gasteiger partial charge in [-0.1, -0.05) is 0 Å². The standard InChI is InChI=1S/C12H25N3O/c1-12-11-13-3-6-15(12)5-2-4-14-7-9-16-10-8-14/h12-13H,2-11H2,1H3. The molecule has 0 saturated carbocycles.